The third kappa shape index (κ3) is 2.79. The van der Waals surface area contributed by atoms with Crippen LogP contribution in [0.4, 0.5) is 0 Å². The molecule has 0 spiro atoms. The molecule has 0 radical (unpaired) electrons. The van der Waals surface area contributed by atoms with Gasteiger partial charge in [0.05, 0.1) is 11.7 Å². The maximum Gasteiger partial charge on any atom is 0.322 e. The number of carboxylic acid groups (broad SMARTS) is 1. The first-order valence-corrected chi connectivity index (χ1v) is 8.00. The lowest BCUT2D eigenvalue weighted by molar-refractivity contribution is -0.140. The average molecular weight is 315 g/mol. The molecule has 0 aliphatic rings. The van der Waals surface area contributed by atoms with E-state index < -0.39 is 22.0 Å². The summed E-state index contributed by atoms with van der Waals surface area (Å²) in [6.45, 7) is 3.26. The Bertz CT molecular complexity index is 739. The molecular weight excluding hydrogens is 302 g/mol. The van der Waals surface area contributed by atoms with E-state index in [1.54, 1.807) is 26.0 Å². The number of benzene rings is 1. The Morgan fingerprint density at radius 1 is 1.35 bits per heavy atom. The maximum absolute atomic E-state index is 12.3. The molecule has 9 heteroatoms. The van der Waals surface area contributed by atoms with Gasteiger partial charge in [-0.1, -0.05) is 19.9 Å². The van der Waals surface area contributed by atoms with E-state index in [1.165, 1.54) is 6.07 Å². The predicted octanol–water partition coefficient (Wildman–Crippen LogP) is 1.08. The van der Waals surface area contributed by atoms with Crippen molar-refractivity contribution in [3.05, 3.63) is 18.2 Å². The molecule has 0 saturated heterocycles. The van der Waals surface area contributed by atoms with Crippen molar-refractivity contribution in [2.45, 2.75) is 24.8 Å². The Morgan fingerprint density at radius 3 is 2.65 bits per heavy atom. The van der Waals surface area contributed by atoms with Crippen LogP contribution in [-0.2, 0) is 14.8 Å². The number of hydrogen-bond donors (Lipinski definition) is 2. The Labute approximate surface area is 120 Å². The third-order valence-electron chi connectivity index (χ3n) is 2.75. The molecule has 1 atom stereocenters. The fourth-order valence-corrected chi connectivity index (χ4v) is 3.80. The van der Waals surface area contributed by atoms with Crippen LogP contribution in [-0.4, -0.2) is 34.3 Å². The van der Waals surface area contributed by atoms with Gasteiger partial charge in [0.1, 0.15) is 22.0 Å². The van der Waals surface area contributed by atoms with Gasteiger partial charge in [-0.15, -0.1) is 0 Å². The van der Waals surface area contributed by atoms with Gasteiger partial charge < -0.3 is 5.11 Å². The van der Waals surface area contributed by atoms with E-state index in [0.29, 0.717) is 5.52 Å². The molecule has 1 heterocycles. The van der Waals surface area contributed by atoms with Gasteiger partial charge in [-0.05, 0) is 18.1 Å². The molecule has 0 saturated carbocycles. The summed E-state index contributed by atoms with van der Waals surface area (Å²) in [5.74, 6) is -1.60. The molecule has 0 fully saturated rings. The van der Waals surface area contributed by atoms with Crippen LogP contribution >= 0.6 is 11.7 Å². The van der Waals surface area contributed by atoms with E-state index in [1.807, 2.05) is 0 Å². The second-order valence-electron chi connectivity index (χ2n) is 4.57. The molecule has 2 aromatic rings. The van der Waals surface area contributed by atoms with Crippen LogP contribution in [0.3, 0.4) is 0 Å². The Balaban J connectivity index is 2.45. The number of sulfonamides is 1. The van der Waals surface area contributed by atoms with E-state index in [9.17, 15) is 13.2 Å². The summed E-state index contributed by atoms with van der Waals surface area (Å²) >= 11 is 0.906. The molecule has 108 valence electrons. The average Bonchev–Trinajstić information content (AvgIpc) is 2.83. The molecule has 1 aromatic heterocycles. The van der Waals surface area contributed by atoms with E-state index >= 15 is 0 Å². The lowest BCUT2D eigenvalue weighted by Gasteiger charge is -2.17. The Morgan fingerprint density at radius 2 is 2.05 bits per heavy atom. The van der Waals surface area contributed by atoms with Gasteiger partial charge in [0, 0.05) is 0 Å². The number of carbonyl (C=O) groups is 1. The van der Waals surface area contributed by atoms with Crippen molar-refractivity contribution < 1.29 is 18.3 Å². The van der Waals surface area contributed by atoms with Crippen LogP contribution in [0.25, 0.3) is 11.0 Å². The van der Waals surface area contributed by atoms with Gasteiger partial charge in [0.15, 0.2) is 0 Å². The van der Waals surface area contributed by atoms with Crippen molar-refractivity contribution in [2.24, 2.45) is 5.92 Å². The van der Waals surface area contributed by atoms with Crippen LogP contribution in [0, 0.1) is 5.92 Å². The van der Waals surface area contributed by atoms with Crippen molar-refractivity contribution >= 4 is 38.8 Å². The Kier molecular flexibility index (Phi) is 4.02. The van der Waals surface area contributed by atoms with Crippen molar-refractivity contribution in [3.63, 3.8) is 0 Å². The number of carboxylic acids is 1. The molecule has 0 aliphatic carbocycles. The minimum atomic E-state index is -3.97. The highest BCUT2D eigenvalue weighted by atomic mass is 32.2. The first-order valence-electron chi connectivity index (χ1n) is 5.79. The monoisotopic (exact) mass is 315 g/mol. The lowest BCUT2D eigenvalue weighted by atomic mass is 10.1. The second-order valence-corrected chi connectivity index (χ2v) is 6.78. The highest BCUT2D eigenvalue weighted by molar-refractivity contribution is 7.89. The molecule has 7 nitrogen and oxygen atoms in total. The van der Waals surface area contributed by atoms with Gasteiger partial charge in [0.25, 0.3) is 0 Å². The molecule has 0 amide bonds. The maximum atomic E-state index is 12.3. The summed E-state index contributed by atoms with van der Waals surface area (Å²) in [5.41, 5.74) is 0.715. The van der Waals surface area contributed by atoms with E-state index in [0.717, 1.165) is 11.7 Å². The SMILES string of the molecule is CC(C)C(NS(=O)(=O)c1cccc2nsnc12)C(=O)O. The van der Waals surface area contributed by atoms with Crippen molar-refractivity contribution in [3.8, 4) is 0 Å². The van der Waals surface area contributed by atoms with Gasteiger partial charge in [0.2, 0.25) is 10.0 Å². The van der Waals surface area contributed by atoms with Crippen LogP contribution < -0.4 is 4.72 Å². The first-order chi connectivity index (χ1) is 9.33. The summed E-state index contributed by atoms with van der Waals surface area (Å²) < 4.78 is 34.8. The number of rotatable bonds is 5. The summed E-state index contributed by atoms with van der Waals surface area (Å²) in [7, 11) is -3.97. The van der Waals surface area contributed by atoms with Crippen molar-refractivity contribution in [1.82, 2.24) is 13.5 Å². The molecule has 2 N–H and O–H groups in total. The Hall–Kier alpha value is -1.58. The van der Waals surface area contributed by atoms with E-state index in [-0.39, 0.29) is 16.3 Å². The molecule has 1 aromatic carbocycles. The number of aliphatic carboxylic acids is 1. The van der Waals surface area contributed by atoms with Gasteiger partial charge in [-0.25, -0.2) is 8.42 Å². The van der Waals surface area contributed by atoms with Crippen LogP contribution in [0.1, 0.15) is 13.8 Å². The summed E-state index contributed by atoms with van der Waals surface area (Å²) in [5, 5.41) is 9.07. The molecule has 1 unspecified atom stereocenters. The second kappa shape index (κ2) is 5.43. The van der Waals surface area contributed by atoms with Gasteiger partial charge in [-0.2, -0.15) is 13.5 Å². The fraction of sp³-hybridized carbons (Fsp3) is 0.364. The predicted molar refractivity (Wildman–Crippen MR) is 74.0 cm³/mol. The van der Waals surface area contributed by atoms with Crippen LogP contribution in [0.5, 0.6) is 0 Å². The standard InChI is InChI=1S/C11H13N3O4S2/c1-6(2)9(11(15)16)14-20(17,18)8-5-3-4-7-10(8)13-19-12-7/h3-6,9,14H,1-2H3,(H,15,16). The third-order valence-corrected chi connectivity index (χ3v) is 4.77. The molecule has 0 aliphatic heterocycles. The smallest absolute Gasteiger partial charge is 0.322 e. The molecule has 2 rings (SSSR count). The minimum absolute atomic E-state index is 0.0596. The zero-order chi connectivity index (χ0) is 14.9. The van der Waals surface area contributed by atoms with E-state index in [4.69, 9.17) is 5.11 Å². The number of aromatic nitrogens is 2. The zero-order valence-electron chi connectivity index (χ0n) is 10.8. The number of nitrogens with zero attached hydrogens (tertiary/aromatic N) is 2. The normalized spacial score (nSPS) is 13.8. The summed E-state index contributed by atoms with van der Waals surface area (Å²) in [6.07, 6.45) is 0. The van der Waals surface area contributed by atoms with E-state index in [2.05, 4.69) is 13.5 Å². The highest BCUT2D eigenvalue weighted by Crippen LogP contribution is 2.21. The molecule has 0 bridgehead atoms. The van der Waals surface area contributed by atoms with Crippen LogP contribution in [0.2, 0.25) is 0 Å². The molecular formula is C11H13N3O4S2. The molecule has 20 heavy (non-hydrogen) atoms. The largest absolute Gasteiger partial charge is 0.480 e. The highest BCUT2D eigenvalue weighted by Gasteiger charge is 2.29. The number of fused-ring (bicyclic) bond motifs is 1. The lowest BCUT2D eigenvalue weighted by Crippen LogP contribution is -2.44. The van der Waals surface area contributed by atoms with Crippen LogP contribution in [0.15, 0.2) is 23.1 Å². The summed E-state index contributed by atoms with van der Waals surface area (Å²) in [4.78, 5) is 11.1. The van der Waals surface area contributed by atoms with Crippen molar-refractivity contribution in [1.29, 1.82) is 0 Å². The number of nitrogens with one attached hydrogen (secondary N) is 1. The number of hydrogen-bond acceptors (Lipinski definition) is 6. The minimum Gasteiger partial charge on any atom is -0.480 e. The van der Waals surface area contributed by atoms with Crippen molar-refractivity contribution in [2.75, 3.05) is 0 Å². The zero-order valence-corrected chi connectivity index (χ0v) is 12.4. The first kappa shape index (κ1) is 14.8. The quantitative estimate of drug-likeness (QED) is 0.854. The summed E-state index contributed by atoms with van der Waals surface area (Å²) in [6, 6.07) is 3.38. The topological polar surface area (TPSA) is 109 Å². The fourth-order valence-electron chi connectivity index (χ4n) is 1.70. The van der Waals surface area contributed by atoms with Gasteiger partial charge in [-0.3, -0.25) is 4.79 Å². The van der Waals surface area contributed by atoms with Gasteiger partial charge >= 0.3 is 5.97 Å².